The molecule has 0 amide bonds. The second-order valence-electron chi connectivity index (χ2n) is 3.15. The summed E-state index contributed by atoms with van der Waals surface area (Å²) in [4.78, 5) is 11.1. The maximum atomic E-state index is 12.3. The van der Waals surface area contributed by atoms with Crippen molar-refractivity contribution in [1.82, 2.24) is 0 Å². The highest BCUT2D eigenvalue weighted by Gasteiger charge is 2.30. The molecule has 0 bridgehead atoms. The fourth-order valence-corrected chi connectivity index (χ4v) is 1.84. The zero-order valence-corrected chi connectivity index (χ0v) is 11.1. The molecule has 0 spiro atoms. The minimum Gasteiger partial charge on any atom is -0.298 e. The molecule has 0 aliphatic rings. The van der Waals surface area contributed by atoms with Crippen molar-refractivity contribution in [3.63, 3.8) is 0 Å². The topological polar surface area (TPSA) is 17.1 Å². The Kier molecular flexibility index (Phi) is 4.55. The van der Waals surface area contributed by atoms with Crippen molar-refractivity contribution in [2.45, 2.75) is 12.6 Å². The molecule has 0 N–H and O–H groups in total. The monoisotopic (exact) mass is 358 g/mol. The van der Waals surface area contributed by atoms with E-state index in [1.807, 2.05) is 0 Å². The van der Waals surface area contributed by atoms with Crippen LogP contribution in [0, 0.1) is 0 Å². The van der Waals surface area contributed by atoms with Crippen molar-refractivity contribution < 1.29 is 18.0 Å². The lowest BCUT2D eigenvalue weighted by atomic mass is 10.1. The number of halogens is 5. The Morgan fingerprint density at radius 2 is 1.94 bits per heavy atom. The first kappa shape index (κ1) is 13.7. The van der Waals surface area contributed by atoms with Crippen molar-refractivity contribution in [1.29, 1.82) is 0 Å². The molecular formula is C10H7Br2F3O. The van der Waals surface area contributed by atoms with Gasteiger partial charge >= 0.3 is 6.18 Å². The maximum Gasteiger partial charge on any atom is 0.416 e. The Balaban J connectivity index is 2.96. The van der Waals surface area contributed by atoms with Gasteiger partial charge in [-0.2, -0.15) is 13.2 Å². The number of ketones is 1. The van der Waals surface area contributed by atoms with Crippen molar-refractivity contribution >= 4 is 37.6 Å². The molecule has 6 heteroatoms. The molecule has 0 saturated carbocycles. The molecule has 1 nitrogen and oxygen atoms in total. The molecule has 0 atom stereocenters. The normalized spacial score (nSPS) is 11.6. The number of alkyl halides is 4. The number of benzene rings is 1. The van der Waals surface area contributed by atoms with Gasteiger partial charge in [-0.05, 0) is 17.7 Å². The molecule has 16 heavy (non-hydrogen) atoms. The number of carbonyl (C=O) groups excluding carboxylic acids is 1. The summed E-state index contributed by atoms with van der Waals surface area (Å²) in [5.74, 6) is -0.0829. The zero-order chi connectivity index (χ0) is 12.3. The van der Waals surface area contributed by atoms with Gasteiger partial charge in [0.1, 0.15) is 5.78 Å². The average molecular weight is 360 g/mol. The van der Waals surface area contributed by atoms with Crippen LogP contribution in [0.4, 0.5) is 13.2 Å². The number of Topliss-reactive ketones (excluding diaryl/α,β-unsaturated/α-hetero) is 1. The van der Waals surface area contributed by atoms with Crippen LogP contribution >= 0.6 is 31.9 Å². The average Bonchev–Trinajstić information content (AvgIpc) is 2.19. The number of carbonyl (C=O) groups is 1. The molecule has 1 aromatic rings. The van der Waals surface area contributed by atoms with Crippen molar-refractivity contribution in [3.05, 3.63) is 33.8 Å². The van der Waals surface area contributed by atoms with Crippen LogP contribution in [0.25, 0.3) is 0 Å². The van der Waals surface area contributed by atoms with E-state index in [-0.39, 0.29) is 17.5 Å². The summed E-state index contributed by atoms with van der Waals surface area (Å²) < 4.78 is 37.3. The van der Waals surface area contributed by atoms with E-state index in [0.717, 1.165) is 12.1 Å². The van der Waals surface area contributed by atoms with E-state index in [1.165, 1.54) is 6.07 Å². The SMILES string of the molecule is O=C(CBr)Cc1ccc(C(F)(F)F)cc1Br. The summed E-state index contributed by atoms with van der Waals surface area (Å²) in [5, 5.41) is 0.195. The minimum atomic E-state index is -4.36. The van der Waals surface area contributed by atoms with Gasteiger partial charge in [-0.1, -0.05) is 37.9 Å². The van der Waals surface area contributed by atoms with Gasteiger partial charge in [0.2, 0.25) is 0 Å². The fourth-order valence-electron chi connectivity index (χ4n) is 1.13. The summed E-state index contributed by atoms with van der Waals surface area (Å²) in [6.45, 7) is 0. The second-order valence-corrected chi connectivity index (χ2v) is 4.57. The van der Waals surface area contributed by atoms with E-state index >= 15 is 0 Å². The van der Waals surface area contributed by atoms with Gasteiger partial charge in [-0.25, -0.2) is 0 Å². The summed E-state index contributed by atoms with van der Waals surface area (Å²) in [7, 11) is 0. The third kappa shape index (κ3) is 3.59. The first-order chi connectivity index (χ1) is 7.34. The highest BCUT2D eigenvalue weighted by molar-refractivity contribution is 9.10. The minimum absolute atomic E-state index is 0.0829. The van der Waals surface area contributed by atoms with Crippen LogP contribution in [-0.4, -0.2) is 11.1 Å². The molecule has 1 rings (SSSR count). The smallest absolute Gasteiger partial charge is 0.298 e. The molecule has 1 aromatic carbocycles. The molecular weight excluding hydrogens is 353 g/mol. The van der Waals surface area contributed by atoms with Crippen LogP contribution in [0.2, 0.25) is 0 Å². The predicted molar refractivity (Wildman–Crippen MR) is 61.6 cm³/mol. The molecule has 0 saturated heterocycles. The number of hydrogen-bond donors (Lipinski definition) is 0. The summed E-state index contributed by atoms with van der Waals surface area (Å²) in [5.41, 5.74) is -0.174. The van der Waals surface area contributed by atoms with E-state index in [4.69, 9.17) is 0 Å². The summed E-state index contributed by atoms with van der Waals surface area (Å²) >= 11 is 6.03. The van der Waals surface area contributed by atoms with Gasteiger partial charge in [-0.3, -0.25) is 4.79 Å². The number of rotatable bonds is 3. The first-order valence-corrected chi connectivity index (χ1v) is 6.19. The zero-order valence-electron chi connectivity index (χ0n) is 7.94. The first-order valence-electron chi connectivity index (χ1n) is 4.28. The molecule has 0 heterocycles. The van der Waals surface area contributed by atoms with E-state index < -0.39 is 11.7 Å². The molecule has 0 aromatic heterocycles. The fraction of sp³-hybridized carbons (Fsp3) is 0.300. The summed E-state index contributed by atoms with van der Waals surface area (Å²) in [6, 6.07) is 3.27. The van der Waals surface area contributed by atoms with Crippen LogP contribution < -0.4 is 0 Å². The van der Waals surface area contributed by atoms with Crippen molar-refractivity contribution in [2.24, 2.45) is 0 Å². The largest absolute Gasteiger partial charge is 0.416 e. The lowest BCUT2D eigenvalue weighted by molar-refractivity contribution is -0.137. The van der Waals surface area contributed by atoms with Crippen molar-refractivity contribution in [3.8, 4) is 0 Å². The highest BCUT2D eigenvalue weighted by atomic mass is 79.9. The van der Waals surface area contributed by atoms with E-state index in [1.54, 1.807) is 0 Å². The Hall–Kier alpha value is -0.360. The van der Waals surface area contributed by atoms with Gasteiger partial charge < -0.3 is 0 Å². The Labute approximate surface area is 107 Å². The molecule has 0 unspecified atom stereocenters. The van der Waals surface area contributed by atoms with Crippen LogP contribution in [0.15, 0.2) is 22.7 Å². The third-order valence-electron chi connectivity index (χ3n) is 1.92. The lowest BCUT2D eigenvalue weighted by Crippen LogP contribution is -2.07. The molecule has 0 radical (unpaired) electrons. The molecule has 88 valence electrons. The Morgan fingerprint density at radius 3 is 2.38 bits per heavy atom. The Bertz CT molecular complexity index is 402. The van der Waals surface area contributed by atoms with Gasteiger partial charge in [0, 0.05) is 10.9 Å². The van der Waals surface area contributed by atoms with Gasteiger partial charge in [0.25, 0.3) is 0 Å². The van der Waals surface area contributed by atoms with Gasteiger partial charge in [0.15, 0.2) is 0 Å². The molecule has 0 aliphatic heterocycles. The van der Waals surface area contributed by atoms with Gasteiger partial charge in [0.05, 0.1) is 10.9 Å². The number of hydrogen-bond acceptors (Lipinski definition) is 1. The van der Waals surface area contributed by atoms with E-state index in [0.29, 0.717) is 10.0 Å². The van der Waals surface area contributed by atoms with Crippen LogP contribution in [0.5, 0.6) is 0 Å². The van der Waals surface area contributed by atoms with Crippen LogP contribution in [0.3, 0.4) is 0 Å². The van der Waals surface area contributed by atoms with Crippen LogP contribution in [-0.2, 0) is 17.4 Å². The maximum absolute atomic E-state index is 12.3. The predicted octanol–water partition coefficient (Wildman–Crippen LogP) is 3.97. The van der Waals surface area contributed by atoms with E-state index in [2.05, 4.69) is 31.9 Å². The lowest BCUT2D eigenvalue weighted by Gasteiger charge is -2.09. The molecule has 0 aliphatic carbocycles. The Morgan fingerprint density at radius 1 is 1.31 bits per heavy atom. The molecule has 0 fully saturated rings. The summed E-state index contributed by atoms with van der Waals surface area (Å²) in [6.07, 6.45) is -4.25. The van der Waals surface area contributed by atoms with Crippen molar-refractivity contribution in [2.75, 3.05) is 5.33 Å². The quantitative estimate of drug-likeness (QED) is 0.746. The second kappa shape index (κ2) is 5.31. The standard InChI is InChI=1S/C10H7Br2F3O/c11-5-8(16)3-6-1-2-7(4-9(6)12)10(13,14)15/h1-2,4H,3,5H2. The van der Waals surface area contributed by atoms with Gasteiger partial charge in [-0.15, -0.1) is 0 Å². The van der Waals surface area contributed by atoms with E-state index in [9.17, 15) is 18.0 Å². The van der Waals surface area contributed by atoms with Crippen LogP contribution in [0.1, 0.15) is 11.1 Å². The third-order valence-corrected chi connectivity index (χ3v) is 3.28. The highest BCUT2D eigenvalue weighted by Crippen LogP contribution is 2.32.